The molecule has 4 aliphatic rings. The molecule has 4 bridgehead atoms. The van der Waals surface area contributed by atoms with Crippen LogP contribution in [0.4, 0.5) is 0 Å². The SMILES string of the molecule is CS(=O)(=O)OCCCCCCCCOc1ccc(C(=C2C3CC4CC(C3)CC2C4)c2ccc(OCCCCCCCCOS(C)(=O)=O)cc2)cc1. The number of allylic oxidation sites excluding steroid dienone is 1. The summed E-state index contributed by atoms with van der Waals surface area (Å²) in [4.78, 5) is 0. The van der Waals surface area contributed by atoms with Crippen LogP contribution in [0.3, 0.4) is 0 Å². The highest BCUT2D eigenvalue weighted by Crippen LogP contribution is 2.58. The number of hydrogen-bond donors (Lipinski definition) is 0. The highest BCUT2D eigenvalue weighted by molar-refractivity contribution is 7.86. The lowest BCUT2D eigenvalue weighted by molar-refractivity contribution is 0.0705. The van der Waals surface area contributed by atoms with Crippen molar-refractivity contribution in [3.05, 3.63) is 65.2 Å². The first kappa shape index (κ1) is 39.8. The Morgan fingerprint density at radius 2 is 0.824 bits per heavy atom. The Hall–Kier alpha value is -2.40. The van der Waals surface area contributed by atoms with Crippen LogP contribution in [0.1, 0.15) is 120 Å². The summed E-state index contributed by atoms with van der Waals surface area (Å²) in [6, 6.07) is 17.6. The smallest absolute Gasteiger partial charge is 0.264 e. The molecule has 2 aromatic carbocycles. The summed E-state index contributed by atoms with van der Waals surface area (Å²) in [6.45, 7) is 1.94. The molecule has 2 aromatic rings. The summed E-state index contributed by atoms with van der Waals surface area (Å²) < 4.78 is 66.1. The molecule has 0 aliphatic heterocycles. The van der Waals surface area contributed by atoms with Crippen LogP contribution >= 0.6 is 0 Å². The number of rotatable bonds is 24. The van der Waals surface area contributed by atoms with Crippen molar-refractivity contribution >= 4 is 25.8 Å². The van der Waals surface area contributed by atoms with Crippen LogP contribution in [0.15, 0.2) is 54.1 Å². The lowest BCUT2D eigenvalue weighted by Gasteiger charge is -2.52. The second-order valence-electron chi connectivity index (χ2n) is 15.2. The summed E-state index contributed by atoms with van der Waals surface area (Å²) in [7, 11) is -6.67. The van der Waals surface area contributed by atoms with Gasteiger partial charge in [0.05, 0.1) is 38.9 Å². The minimum atomic E-state index is -3.33. The van der Waals surface area contributed by atoms with Crippen molar-refractivity contribution < 1.29 is 34.7 Å². The Labute approximate surface area is 307 Å². The highest BCUT2D eigenvalue weighted by atomic mass is 32.2. The van der Waals surface area contributed by atoms with E-state index in [2.05, 4.69) is 48.5 Å². The van der Waals surface area contributed by atoms with Gasteiger partial charge < -0.3 is 9.47 Å². The molecule has 0 radical (unpaired) electrons. The van der Waals surface area contributed by atoms with E-state index in [-0.39, 0.29) is 13.2 Å². The number of unbranched alkanes of at least 4 members (excludes halogenated alkanes) is 10. The Bertz CT molecular complexity index is 1470. The second kappa shape index (κ2) is 19.6. The van der Waals surface area contributed by atoms with E-state index < -0.39 is 20.2 Å². The molecular weight excluding hydrogens is 685 g/mol. The highest BCUT2D eigenvalue weighted by Gasteiger charge is 2.46. The van der Waals surface area contributed by atoms with Gasteiger partial charge in [-0.15, -0.1) is 0 Å². The molecule has 284 valence electrons. The molecule has 6 rings (SSSR count). The van der Waals surface area contributed by atoms with Crippen molar-refractivity contribution in [1.29, 1.82) is 0 Å². The topological polar surface area (TPSA) is 105 Å². The number of benzene rings is 2. The predicted octanol–water partition coefficient (Wildman–Crippen LogP) is 9.34. The molecule has 0 N–H and O–H groups in total. The van der Waals surface area contributed by atoms with Crippen LogP contribution in [-0.2, 0) is 28.6 Å². The van der Waals surface area contributed by atoms with E-state index in [4.69, 9.17) is 17.8 Å². The number of hydrogen-bond acceptors (Lipinski definition) is 8. The van der Waals surface area contributed by atoms with Crippen LogP contribution in [0.25, 0.3) is 5.57 Å². The molecule has 4 aliphatic carbocycles. The van der Waals surface area contributed by atoms with Gasteiger partial charge in [-0.05, 0) is 122 Å². The molecule has 0 atom stereocenters. The van der Waals surface area contributed by atoms with Gasteiger partial charge >= 0.3 is 0 Å². The van der Waals surface area contributed by atoms with Gasteiger partial charge in [-0.25, -0.2) is 0 Å². The molecule has 0 spiro atoms. The van der Waals surface area contributed by atoms with Crippen LogP contribution in [0, 0.1) is 23.7 Å². The fraction of sp³-hybridized carbons (Fsp3) is 0.659. The maximum Gasteiger partial charge on any atom is 0.264 e. The van der Waals surface area contributed by atoms with Gasteiger partial charge in [0.2, 0.25) is 0 Å². The largest absolute Gasteiger partial charge is 0.494 e. The van der Waals surface area contributed by atoms with E-state index in [1.54, 1.807) is 5.57 Å². The van der Waals surface area contributed by atoms with Crippen molar-refractivity contribution in [2.24, 2.45) is 23.7 Å². The quantitative estimate of drug-likeness (QED) is 0.0774. The van der Waals surface area contributed by atoms with E-state index in [9.17, 15) is 16.8 Å². The predicted molar refractivity (Wildman–Crippen MR) is 204 cm³/mol. The van der Waals surface area contributed by atoms with Gasteiger partial charge in [0, 0.05) is 0 Å². The van der Waals surface area contributed by atoms with Crippen molar-refractivity contribution in [3.8, 4) is 11.5 Å². The molecule has 8 nitrogen and oxygen atoms in total. The fourth-order valence-corrected chi connectivity index (χ4v) is 9.50. The van der Waals surface area contributed by atoms with E-state index in [0.717, 1.165) is 113 Å². The van der Waals surface area contributed by atoms with Crippen molar-refractivity contribution in [2.45, 2.75) is 109 Å². The minimum absolute atomic E-state index is 0.275. The van der Waals surface area contributed by atoms with Crippen molar-refractivity contribution in [1.82, 2.24) is 0 Å². The lowest BCUT2D eigenvalue weighted by atomic mass is 9.53. The molecule has 0 saturated heterocycles. The average Bonchev–Trinajstić information content (AvgIpc) is 3.07. The van der Waals surface area contributed by atoms with E-state index >= 15 is 0 Å². The first-order valence-corrected chi connectivity index (χ1v) is 23.1. The van der Waals surface area contributed by atoms with E-state index in [0.29, 0.717) is 25.0 Å². The summed E-state index contributed by atoms with van der Waals surface area (Å²) in [6.07, 6.45) is 21.1. The van der Waals surface area contributed by atoms with Gasteiger partial charge in [-0.1, -0.05) is 81.2 Å². The Morgan fingerprint density at radius 1 is 0.490 bits per heavy atom. The van der Waals surface area contributed by atoms with Gasteiger partial charge in [0.1, 0.15) is 11.5 Å². The van der Waals surface area contributed by atoms with Crippen LogP contribution < -0.4 is 9.47 Å². The zero-order valence-electron chi connectivity index (χ0n) is 30.9. The van der Waals surface area contributed by atoms with Crippen molar-refractivity contribution in [3.63, 3.8) is 0 Å². The van der Waals surface area contributed by atoms with Crippen LogP contribution in [-0.4, -0.2) is 55.8 Å². The van der Waals surface area contributed by atoms with E-state index in [1.807, 2.05) is 0 Å². The average molecular weight is 745 g/mol. The maximum absolute atomic E-state index is 11.0. The molecule has 0 unspecified atom stereocenters. The second-order valence-corrected chi connectivity index (χ2v) is 18.5. The zero-order chi connectivity index (χ0) is 36.1. The molecule has 10 heteroatoms. The van der Waals surface area contributed by atoms with Crippen LogP contribution in [0.5, 0.6) is 11.5 Å². The fourth-order valence-electron chi connectivity index (χ4n) is 8.66. The van der Waals surface area contributed by atoms with Gasteiger partial charge in [0.25, 0.3) is 20.2 Å². The third-order valence-corrected chi connectivity index (χ3v) is 12.0. The maximum atomic E-state index is 11.0. The minimum Gasteiger partial charge on any atom is -0.494 e. The molecule has 4 fully saturated rings. The van der Waals surface area contributed by atoms with Crippen LogP contribution in [0.2, 0.25) is 0 Å². The molecule has 51 heavy (non-hydrogen) atoms. The molecule has 0 amide bonds. The summed E-state index contributed by atoms with van der Waals surface area (Å²) in [5.74, 6) is 5.04. The molecule has 0 heterocycles. The van der Waals surface area contributed by atoms with Gasteiger partial charge in [-0.2, -0.15) is 16.8 Å². The first-order chi connectivity index (χ1) is 24.5. The third-order valence-electron chi connectivity index (χ3n) is 10.8. The van der Waals surface area contributed by atoms with E-state index in [1.165, 1.54) is 48.8 Å². The Morgan fingerprint density at radius 3 is 1.18 bits per heavy atom. The normalized spacial score (nSPS) is 21.3. The standard InChI is InChI=1S/C41H60O8S2/c1-50(42,43)48-25-13-9-5-3-7-11-23-46-38-19-15-34(16-20-38)40(41-36-28-32-27-33(30-36)31-37(41)29-32)35-17-21-39(22-18-35)47-24-12-8-4-6-10-14-26-49-51(2,44)45/h15-22,32-33,36-37H,3-14,23-31H2,1-2H3. The Kier molecular flexibility index (Phi) is 15.3. The molecule has 4 saturated carbocycles. The van der Waals surface area contributed by atoms with Crippen molar-refractivity contribution in [2.75, 3.05) is 38.9 Å². The monoisotopic (exact) mass is 744 g/mol. The summed E-state index contributed by atoms with van der Waals surface area (Å²) >= 11 is 0. The molecule has 0 aromatic heterocycles. The lowest BCUT2D eigenvalue weighted by Crippen LogP contribution is -2.40. The summed E-state index contributed by atoms with van der Waals surface area (Å²) in [5.41, 5.74) is 5.67. The Balaban J connectivity index is 1.10. The number of ether oxygens (including phenoxy) is 2. The van der Waals surface area contributed by atoms with Gasteiger partial charge in [-0.3, -0.25) is 8.37 Å². The van der Waals surface area contributed by atoms with Gasteiger partial charge in [0.15, 0.2) is 0 Å². The third kappa shape index (κ3) is 13.5. The zero-order valence-corrected chi connectivity index (χ0v) is 32.5. The summed E-state index contributed by atoms with van der Waals surface area (Å²) in [5, 5.41) is 0. The molecular formula is C41H60O8S2. The first-order valence-electron chi connectivity index (χ1n) is 19.4.